The second kappa shape index (κ2) is 9.08. The highest BCUT2D eigenvalue weighted by Gasteiger charge is 2.18. The van der Waals surface area contributed by atoms with Gasteiger partial charge in [-0.05, 0) is 59.7 Å². The Morgan fingerprint density at radius 3 is 2.52 bits per heavy atom. The highest BCUT2D eigenvalue weighted by Crippen LogP contribution is 2.22. The maximum atomic E-state index is 13.3. The van der Waals surface area contributed by atoms with Crippen molar-refractivity contribution in [3.63, 3.8) is 0 Å². The summed E-state index contributed by atoms with van der Waals surface area (Å²) < 4.78 is 1.74. The number of para-hydroxylation sites is 1. The van der Waals surface area contributed by atoms with Crippen molar-refractivity contribution in [1.82, 2.24) is 24.9 Å². The van der Waals surface area contributed by atoms with Gasteiger partial charge in [0.25, 0.3) is 0 Å². The minimum atomic E-state index is -0.160. The van der Waals surface area contributed by atoms with Crippen LogP contribution >= 0.6 is 0 Å². The summed E-state index contributed by atoms with van der Waals surface area (Å²) in [7, 11) is 0. The van der Waals surface area contributed by atoms with Gasteiger partial charge < -0.3 is 10.2 Å². The Kier molecular flexibility index (Phi) is 5.68. The van der Waals surface area contributed by atoms with Gasteiger partial charge in [-0.1, -0.05) is 60.2 Å². The van der Waals surface area contributed by atoms with Crippen molar-refractivity contribution >= 4 is 28.3 Å². The average molecular weight is 437 g/mol. The number of nitrogens with zero attached hydrogens (tertiary/aromatic N) is 5. The molecule has 33 heavy (non-hydrogen) atoms. The zero-order valence-electron chi connectivity index (χ0n) is 18.3. The number of hydrogen-bond acceptors (Lipinski definition) is 4. The topological polar surface area (TPSA) is 75.4 Å². The van der Waals surface area contributed by atoms with Gasteiger partial charge in [-0.25, -0.2) is 4.79 Å². The second-order valence-electron chi connectivity index (χ2n) is 8.10. The molecule has 2 heterocycles. The van der Waals surface area contributed by atoms with Crippen LogP contribution in [0.2, 0.25) is 0 Å². The van der Waals surface area contributed by atoms with Gasteiger partial charge in [0, 0.05) is 23.2 Å². The minimum absolute atomic E-state index is 0.160. The Morgan fingerprint density at radius 2 is 1.73 bits per heavy atom. The number of pyridine rings is 1. The number of nitrogens with one attached hydrogen (secondary N) is 1. The smallest absolute Gasteiger partial charge is 0.320 e. The van der Waals surface area contributed by atoms with E-state index in [2.05, 4.69) is 52.0 Å². The molecule has 0 radical (unpaired) electrons. The van der Waals surface area contributed by atoms with E-state index >= 15 is 0 Å². The fourth-order valence-corrected chi connectivity index (χ4v) is 3.99. The van der Waals surface area contributed by atoms with Gasteiger partial charge in [-0.15, -0.1) is 5.10 Å². The summed E-state index contributed by atoms with van der Waals surface area (Å²) in [5.41, 5.74) is 5.59. The molecular weight excluding hydrogens is 412 g/mol. The number of aromatic nitrogens is 4. The fourth-order valence-electron chi connectivity index (χ4n) is 3.99. The predicted molar refractivity (Wildman–Crippen MR) is 129 cm³/mol. The number of urea groups is 1. The van der Waals surface area contributed by atoms with E-state index in [0.29, 0.717) is 18.7 Å². The third kappa shape index (κ3) is 4.52. The van der Waals surface area contributed by atoms with Gasteiger partial charge in [-0.2, -0.15) is 4.52 Å². The quantitative estimate of drug-likeness (QED) is 0.412. The van der Waals surface area contributed by atoms with Gasteiger partial charge in [0.05, 0.1) is 12.1 Å². The van der Waals surface area contributed by atoms with Crippen molar-refractivity contribution in [3.05, 3.63) is 102 Å². The average Bonchev–Trinajstić information content (AvgIpc) is 3.33. The van der Waals surface area contributed by atoms with Gasteiger partial charge in [-0.3, -0.25) is 0 Å². The van der Waals surface area contributed by atoms with E-state index in [-0.39, 0.29) is 6.03 Å². The molecular formula is C26H24N6O. The van der Waals surface area contributed by atoms with Crippen molar-refractivity contribution in [1.29, 1.82) is 0 Å². The van der Waals surface area contributed by atoms with E-state index in [1.165, 1.54) is 5.56 Å². The summed E-state index contributed by atoms with van der Waals surface area (Å²) in [6.07, 6.45) is 0.747. The van der Waals surface area contributed by atoms with E-state index in [9.17, 15) is 4.79 Å². The van der Waals surface area contributed by atoms with Crippen LogP contribution in [0.15, 0.2) is 84.9 Å². The molecule has 3 aromatic carbocycles. The van der Waals surface area contributed by atoms with Crippen molar-refractivity contribution in [3.8, 4) is 0 Å². The molecule has 7 heteroatoms. The third-order valence-electron chi connectivity index (χ3n) is 5.68. The lowest BCUT2D eigenvalue weighted by Crippen LogP contribution is -2.36. The number of tetrazole rings is 1. The van der Waals surface area contributed by atoms with E-state index in [4.69, 9.17) is 0 Å². The molecule has 0 unspecified atom stereocenters. The van der Waals surface area contributed by atoms with E-state index < -0.39 is 0 Å². The van der Waals surface area contributed by atoms with Crippen molar-refractivity contribution in [2.75, 3.05) is 11.9 Å². The number of fused-ring (bicyclic) bond motifs is 3. The molecule has 0 saturated heterocycles. The number of carbonyl (C=O) groups excluding carboxylic acids is 1. The van der Waals surface area contributed by atoms with Crippen LogP contribution in [0.3, 0.4) is 0 Å². The highest BCUT2D eigenvalue weighted by molar-refractivity contribution is 5.90. The molecule has 0 spiro atoms. The number of rotatable bonds is 6. The summed E-state index contributed by atoms with van der Waals surface area (Å²) in [4.78, 5) is 15.1. The van der Waals surface area contributed by atoms with Crippen molar-refractivity contribution < 1.29 is 4.79 Å². The molecule has 2 aromatic heterocycles. The first-order chi connectivity index (χ1) is 16.2. The molecule has 5 rings (SSSR count). The third-order valence-corrected chi connectivity index (χ3v) is 5.68. The van der Waals surface area contributed by atoms with E-state index in [1.54, 1.807) is 4.52 Å². The first-order valence-corrected chi connectivity index (χ1v) is 10.9. The Morgan fingerprint density at radius 1 is 0.970 bits per heavy atom. The maximum absolute atomic E-state index is 13.3. The summed E-state index contributed by atoms with van der Waals surface area (Å²) >= 11 is 0. The van der Waals surface area contributed by atoms with Gasteiger partial charge in [0.15, 0.2) is 5.65 Å². The normalized spacial score (nSPS) is 11.1. The Hall–Kier alpha value is -4.26. The van der Waals surface area contributed by atoms with Gasteiger partial charge in [0.1, 0.15) is 0 Å². The van der Waals surface area contributed by atoms with E-state index in [1.807, 2.05) is 65.6 Å². The molecule has 5 aromatic rings. The Balaban J connectivity index is 1.48. The molecule has 7 nitrogen and oxygen atoms in total. The zero-order valence-corrected chi connectivity index (χ0v) is 18.3. The number of amides is 2. The number of aryl methyl sites for hydroxylation is 1. The first-order valence-electron chi connectivity index (χ1n) is 10.9. The van der Waals surface area contributed by atoms with Gasteiger partial charge in [0.2, 0.25) is 0 Å². The van der Waals surface area contributed by atoms with E-state index in [0.717, 1.165) is 34.1 Å². The standard InChI is InChI=1S/C26H24N6O/c1-19-12-13-24-21(16-19)17-22(25-28-29-30-32(24)25)18-31(15-14-20-8-4-2-5-9-20)26(33)27-23-10-6-3-7-11-23/h2-13,16-17H,14-15,18H2,1H3,(H,27,33). The molecule has 0 atom stereocenters. The van der Waals surface area contributed by atoms with Crippen LogP contribution in [0.1, 0.15) is 16.7 Å². The van der Waals surface area contributed by atoms with Crippen LogP contribution in [-0.4, -0.2) is 37.5 Å². The van der Waals surface area contributed by atoms with Crippen molar-refractivity contribution in [2.45, 2.75) is 19.9 Å². The van der Waals surface area contributed by atoms with Crippen LogP contribution in [0, 0.1) is 6.92 Å². The number of hydrogen-bond donors (Lipinski definition) is 1. The lowest BCUT2D eigenvalue weighted by Gasteiger charge is -2.24. The second-order valence-corrected chi connectivity index (χ2v) is 8.10. The Labute approximate surface area is 191 Å². The first kappa shape index (κ1) is 20.6. The van der Waals surface area contributed by atoms with Crippen LogP contribution in [-0.2, 0) is 13.0 Å². The largest absolute Gasteiger partial charge is 0.322 e. The fraction of sp³-hybridized carbons (Fsp3) is 0.154. The van der Waals surface area contributed by atoms with Gasteiger partial charge >= 0.3 is 6.03 Å². The predicted octanol–water partition coefficient (Wildman–Crippen LogP) is 4.86. The SMILES string of the molecule is Cc1ccc2c(c1)cc(CN(CCc1ccccc1)C(=O)Nc1ccccc1)c1nnnn12. The molecule has 0 aliphatic heterocycles. The lowest BCUT2D eigenvalue weighted by molar-refractivity contribution is 0.210. The molecule has 1 N–H and O–H groups in total. The molecule has 0 aliphatic rings. The molecule has 2 amide bonds. The summed E-state index contributed by atoms with van der Waals surface area (Å²) in [6, 6.07) is 27.8. The Bertz CT molecular complexity index is 1400. The van der Waals surface area contributed by atoms with Crippen molar-refractivity contribution in [2.24, 2.45) is 0 Å². The summed E-state index contributed by atoms with van der Waals surface area (Å²) in [6.45, 7) is 3.00. The van der Waals surface area contributed by atoms with Crippen LogP contribution in [0.5, 0.6) is 0 Å². The number of benzene rings is 3. The monoisotopic (exact) mass is 436 g/mol. The minimum Gasteiger partial charge on any atom is -0.320 e. The molecule has 0 bridgehead atoms. The van der Waals surface area contributed by atoms with Crippen LogP contribution in [0.4, 0.5) is 10.5 Å². The molecule has 0 saturated carbocycles. The molecule has 0 aliphatic carbocycles. The number of anilines is 1. The molecule has 0 fully saturated rings. The molecule has 164 valence electrons. The lowest BCUT2D eigenvalue weighted by atomic mass is 10.1. The summed E-state index contributed by atoms with van der Waals surface area (Å²) in [5.74, 6) is 0. The van der Waals surface area contributed by atoms with Crippen LogP contribution in [0.25, 0.3) is 16.6 Å². The van der Waals surface area contributed by atoms with Crippen LogP contribution < -0.4 is 5.32 Å². The maximum Gasteiger partial charge on any atom is 0.322 e. The number of carbonyl (C=O) groups is 1. The highest BCUT2D eigenvalue weighted by atomic mass is 16.2. The zero-order chi connectivity index (χ0) is 22.6. The summed E-state index contributed by atoms with van der Waals surface area (Å²) in [5, 5.41) is 16.4.